The van der Waals surface area contributed by atoms with Gasteiger partial charge < -0.3 is 15.4 Å². The van der Waals surface area contributed by atoms with E-state index in [9.17, 15) is 18.0 Å². The molecule has 1 aliphatic heterocycles. The van der Waals surface area contributed by atoms with Crippen LogP contribution in [0.15, 0.2) is 24.4 Å². The first-order valence-corrected chi connectivity index (χ1v) is 7.05. The second-order valence-electron chi connectivity index (χ2n) is 5.24. The summed E-state index contributed by atoms with van der Waals surface area (Å²) in [6.07, 6.45) is -3.15. The van der Waals surface area contributed by atoms with Crippen LogP contribution in [0.5, 0.6) is 5.75 Å². The van der Waals surface area contributed by atoms with Crippen LogP contribution in [0, 0.1) is 6.92 Å². The summed E-state index contributed by atoms with van der Waals surface area (Å²) in [6, 6.07) is 4.08. The second kappa shape index (κ2) is 5.99. The maximum Gasteiger partial charge on any atom is 0.573 e. The van der Waals surface area contributed by atoms with Crippen LogP contribution in [0.4, 0.5) is 19.1 Å². The number of aryl methyl sites for hydroxylation is 1. The third kappa shape index (κ3) is 3.55. The minimum Gasteiger partial charge on any atom is -0.406 e. The number of fused-ring (bicyclic) bond motifs is 1. The number of amides is 1. The highest BCUT2D eigenvalue weighted by atomic mass is 19.4. The van der Waals surface area contributed by atoms with Crippen molar-refractivity contribution in [1.82, 2.24) is 15.3 Å². The molecule has 3 rings (SSSR count). The smallest absolute Gasteiger partial charge is 0.406 e. The Hall–Kier alpha value is -2.84. The van der Waals surface area contributed by atoms with Crippen molar-refractivity contribution in [3.05, 3.63) is 46.8 Å². The second-order valence-corrected chi connectivity index (χ2v) is 5.24. The Labute approximate surface area is 135 Å². The SMILES string of the molecule is Cc1cc(OC(F)(F)F)ccc1CNc1ncc2c(n1)C(=O)NC2. The molecule has 1 amide bonds. The van der Waals surface area contributed by atoms with E-state index in [2.05, 4.69) is 25.3 Å². The van der Waals surface area contributed by atoms with Crippen LogP contribution in [-0.2, 0) is 13.1 Å². The van der Waals surface area contributed by atoms with E-state index in [-0.39, 0.29) is 17.6 Å². The number of benzene rings is 1. The number of hydrogen-bond donors (Lipinski definition) is 2. The molecule has 2 aromatic rings. The number of carbonyl (C=O) groups is 1. The van der Waals surface area contributed by atoms with Gasteiger partial charge in [-0.05, 0) is 30.2 Å². The van der Waals surface area contributed by atoms with E-state index < -0.39 is 6.36 Å². The number of rotatable bonds is 4. The van der Waals surface area contributed by atoms with Crippen LogP contribution in [0.1, 0.15) is 27.2 Å². The molecule has 0 unspecified atom stereocenters. The molecule has 1 aromatic carbocycles. The van der Waals surface area contributed by atoms with E-state index in [0.29, 0.717) is 24.3 Å². The fourth-order valence-electron chi connectivity index (χ4n) is 2.32. The van der Waals surface area contributed by atoms with Gasteiger partial charge in [-0.2, -0.15) is 0 Å². The third-order valence-electron chi connectivity index (χ3n) is 3.50. The van der Waals surface area contributed by atoms with E-state index in [1.165, 1.54) is 18.2 Å². The van der Waals surface area contributed by atoms with Gasteiger partial charge in [0, 0.05) is 24.8 Å². The number of hydrogen-bond acceptors (Lipinski definition) is 5. The summed E-state index contributed by atoms with van der Waals surface area (Å²) >= 11 is 0. The van der Waals surface area contributed by atoms with Gasteiger partial charge in [0.2, 0.25) is 5.95 Å². The molecule has 2 N–H and O–H groups in total. The standard InChI is InChI=1S/C15H13F3N4O2/c1-8-4-11(24-15(16,17)18)3-2-9(8)5-20-14-21-7-10-6-19-13(23)12(10)22-14/h2-4,7H,5-6H2,1H3,(H,19,23)(H,20,21,22). The Balaban J connectivity index is 1.69. The molecular weight excluding hydrogens is 325 g/mol. The van der Waals surface area contributed by atoms with E-state index in [4.69, 9.17) is 0 Å². The van der Waals surface area contributed by atoms with Crippen molar-refractivity contribution < 1.29 is 22.7 Å². The Morgan fingerprint density at radius 2 is 2.17 bits per heavy atom. The number of ether oxygens (including phenoxy) is 1. The molecule has 0 bridgehead atoms. The fraction of sp³-hybridized carbons (Fsp3) is 0.267. The van der Waals surface area contributed by atoms with Crippen LogP contribution < -0.4 is 15.4 Å². The zero-order chi connectivity index (χ0) is 17.3. The number of anilines is 1. The van der Waals surface area contributed by atoms with E-state index >= 15 is 0 Å². The highest BCUT2D eigenvalue weighted by Crippen LogP contribution is 2.25. The summed E-state index contributed by atoms with van der Waals surface area (Å²) in [5, 5.41) is 5.60. The third-order valence-corrected chi connectivity index (χ3v) is 3.50. The number of nitrogens with zero attached hydrogens (tertiary/aromatic N) is 2. The Morgan fingerprint density at radius 3 is 2.88 bits per heavy atom. The molecule has 1 aromatic heterocycles. The highest BCUT2D eigenvalue weighted by Gasteiger charge is 2.31. The number of halogens is 3. The molecule has 9 heteroatoms. The topological polar surface area (TPSA) is 76.1 Å². The summed E-state index contributed by atoms with van der Waals surface area (Å²) in [7, 11) is 0. The lowest BCUT2D eigenvalue weighted by molar-refractivity contribution is -0.274. The van der Waals surface area contributed by atoms with Crippen molar-refractivity contribution in [3.63, 3.8) is 0 Å². The predicted molar refractivity (Wildman–Crippen MR) is 78.4 cm³/mol. The van der Waals surface area contributed by atoms with Gasteiger partial charge in [-0.1, -0.05) is 6.07 Å². The van der Waals surface area contributed by atoms with E-state index in [1.54, 1.807) is 13.1 Å². The number of aromatic nitrogens is 2. The number of carbonyl (C=O) groups excluding carboxylic acids is 1. The zero-order valence-corrected chi connectivity index (χ0v) is 12.6. The molecular formula is C15H13F3N4O2. The van der Waals surface area contributed by atoms with Crippen LogP contribution in [0.3, 0.4) is 0 Å². The van der Waals surface area contributed by atoms with Gasteiger partial charge in [0.1, 0.15) is 11.4 Å². The Kier molecular flexibility index (Phi) is 4.00. The average Bonchev–Trinajstić information content (AvgIpc) is 2.86. The predicted octanol–water partition coefficient (Wildman–Crippen LogP) is 2.54. The van der Waals surface area contributed by atoms with E-state index in [0.717, 1.165) is 11.1 Å². The van der Waals surface area contributed by atoms with E-state index in [1.807, 2.05) is 0 Å². The monoisotopic (exact) mass is 338 g/mol. The zero-order valence-electron chi connectivity index (χ0n) is 12.6. The van der Waals surface area contributed by atoms with Crippen LogP contribution in [0.2, 0.25) is 0 Å². The summed E-state index contributed by atoms with van der Waals surface area (Å²) in [6.45, 7) is 2.39. The van der Waals surface area contributed by atoms with Crippen molar-refractivity contribution in [2.45, 2.75) is 26.4 Å². The van der Waals surface area contributed by atoms with Crippen molar-refractivity contribution in [3.8, 4) is 5.75 Å². The molecule has 24 heavy (non-hydrogen) atoms. The molecule has 0 saturated carbocycles. The first kappa shape index (κ1) is 16.0. The van der Waals surface area contributed by atoms with Crippen molar-refractivity contribution in [1.29, 1.82) is 0 Å². The molecule has 0 aliphatic carbocycles. The van der Waals surface area contributed by atoms with Gasteiger partial charge in [-0.15, -0.1) is 13.2 Å². The molecule has 126 valence electrons. The van der Waals surface area contributed by atoms with Crippen LogP contribution in [-0.4, -0.2) is 22.2 Å². The molecule has 0 saturated heterocycles. The average molecular weight is 338 g/mol. The molecule has 0 spiro atoms. The molecule has 0 fully saturated rings. The van der Waals surface area contributed by atoms with Crippen molar-refractivity contribution >= 4 is 11.9 Å². The summed E-state index contributed by atoms with van der Waals surface area (Å²) in [4.78, 5) is 19.8. The number of nitrogens with one attached hydrogen (secondary N) is 2. The minimum atomic E-state index is -4.72. The summed E-state index contributed by atoms with van der Waals surface area (Å²) in [5.41, 5.74) is 2.45. The first-order valence-electron chi connectivity index (χ1n) is 7.05. The lowest BCUT2D eigenvalue weighted by Crippen LogP contribution is -2.17. The fourth-order valence-corrected chi connectivity index (χ4v) is 2.32. The lowest BCUT2D eigenvalue weighted by Gasteiger charge is -2.12. The van der Waals surface area contributed by atoms with Crippen molar-refractivity contribution in [2.75, 3.05) is 5.32 Å². The van der Waals surface area contributed by atoms with Gasteiger partial charge >= 0.3 is 6.36 Å². The molecule has 0 radical (unpaired) electrons. The Morgan fingerprint density at radius 1 is 1.38 bits per heavy atom. The Bertz CT molecular complexity index is 793. The maximum atomic E-state index is 12.2. The van der Waals surface area contributed by atoms with Crippen molar-refractivity contribution in [2.24, 2.45) is 0 Å². The molecule has 6 nitrogen and oxygen atoms in total. The minimum absolute atomic E-state index is 0.250. The summed E-state index contributed by atoms with van der Waals surface area (Å²) in [5.74, 6) is -0.240. The summed E-state index contributed by atoms with van der Waals surface area (Å²) < 4.78 is 40.5. The largest absolute Gasteiger partial charge is 0.573 e. The van der Waals surface area contributed by atoms with Crippen LogP contribution >= 0.6 is 0 Å². The number of alkyl halides is 3. The quantitative estimate of drug-likeness (QED) is 0.896. The lowest BCUT2D eigenvalue weighted by atomic mass is 10.1. The first-order chi connectivity index (χ1) is 11.3. The highest BCUT2D eigenvalue weighted by molar-refractivity contribution is 5.96. The molecule has 2 heterocycles. The normalized spacial score (nSPS) is 13.4. The van der Waals surface area contributed by atoms with Crippen LogP contribution in [0.25, 0.3) is 0 Å². The van der Waals surface area contributed by atoms with Gasteiger partial charge in [-0.3, -0.25) is 4.79 Å². The van der Waals surface area contributed by atoms with Gasteiger partial charge in [0.05, 0.1) is 0 Å². The maximum absolute atomic E-state index is 12.2. The molecule has 0 atom stereocenters. The molecule has 1 aliphatic rings. The van der Waals surface area contributed by atoms with Gasteiger partial charge in [0.15, 0.2) is 0 Å². The van der Waals surface area contributed by atoms with Gasteiger partial charge in [0.25, 0.3) is 5.91 Å². The van der Waals surface area contributed by atoms with Gasteiger partial charge in [-0.25, -0.2) is 9.97 Å².